The van der Waals surface area contributed by atoms with Gasteiger partial charge in [0.1, 0.15) is 0 Å². The third-order valence-corrected chi connectivity index (χ3v) is 0.799. The van der Waals surface area contributed by atoms with E-state index in [1.165, 1.54) is 0 Å². The first-order chi connectivity index (χ1) is 3.12. The molecule has 0 saturated heterocycles. The number of rotatable bonds is 2. The Morgan fingerprint density at radius 1 is 1.43 bits per heavy atom. The van der Waals surface area contributed by atoms with Crippen LogP contribution in [0.25, 0.3) is 0 Å². The molecule has 5 N–H and O–H groups in total. The zero-order chi connectivity index (χ0) is 5.91. The summed E-state index contributed by atoms with van der Waals surface area (Å²) >= 11 is 0. The lowest BCUT2D eigenvalue weighted by atomic mass is 13.6. The van der Waals surface area contributed by atoms with Gasteiger partial charge < -0.3 is 4.89 Å². The summed E-state index contributed by atoms with van der Waals surface area (Å²) in [6.07, 6.45) is 0. The molecule has 6 nitrogen and oxygen atoms in total. The Kier molecular flexibility index (Phi) is 2.38. The van der Waals surface area contributed by atoms with Crippen molar-refractivity contribution in [2.24, 2.45) is 11.8 Å². The van der Waals surface area contributed by atoms with Crippen LogP contribution in [0.5, 0.6) is 0 Å². The minimum absolute atomic E-state index is 3.35. The van der Waals surface area contributed by atoms with E-state index < -0.39 is 7.82 Å². The van der Waals surface area contributed by atoms with Crippen molar-refractivity contribution in [2.75, 3.05) is 0 Å². The molecule has 0 aromatic carbocycles. The molecule has 0 aromatic heterocycles. The molecule has 0 aromatic rings. The van der Waals surface area contributed by atoms with Crippen LogP contribution in [0, 0.1) is 0 Å². The van der Waals surface area contributed by atoms with Crippen LogP contribution < -0.4 is 11.8 Å². The lowest BCUT2D eigenvalue weighted by molar-refractivity contribution is 0.153. The molecule has 0 aliphatic rings. The molecule has 0 amide bonds. The quantitative estimate of drug-likeness (QED) is 0.320. The Morgan fingerprint density at radius 2 is 1.71 bits per heavy atom. The molecule has 0 aliphatic carbocycles. The Hall–Kier alpha value is 0.0300. The van der Waals surface area contributed by atoms with Crippen molar-refractivity contribution in [1.29, 1.82) is 0 Å². The number of phosphoric acid groups is 1. The molecule has 7 heavy (non-hydrogen) atoms. The Balaban J connectivity index is 3.61. The standard InChI is InChI=1S/H5N2O4P/c1-5-7(3,4)6-2/h1-2H2,(H,3,4). The van der Waals surface area contributed by atoms with E-state index in [0.717, 1.165) is 0 Å². The van der Waals surface area contributed by atoms with Gasteiger partial charge in [-0.1, -0.05) is 0 Å². The van der Waals surface area contributed by atoms with E-state index in [-0.39, 0.29) is 0 Å². The summed E-state index contributed by atoms with van der Waals surface area (Å²) in [5, 5.41) is 0. The second-order valence-corrected chi connectivity index (χ2v) is 2.04. The van der Waals surface area contributed by atoms with Crippen LogP contribution in [0.4, 0.5) is 0 Å². The van der Waals surface area contributed by atoms with Crippen molar-refractivity contribution in [1.82, 2.24) is 0 Å². The van der Waals surface area contributed by atoms with Crippen molar-refractivity contribution < 1.29 is 18.7 Å². The third-order valence-electron chi connectivity index (χ3n) is 0.266. The average Bonchev–Trinajstić information content (AvgIpc) is 1.68. The molecule has 0 spiro atoms. The van der Waals surface area contributed by atoms with Crippen molar-refractivity contribution in [3.63, 3.8) is 0 Å². The predicted octanol–water partition coefficient (Wildman–Crippen LogP) is -1.13. The van der Waals surface area contributed by atoms with Gasteiger partial charge >= 0.3 is 7.82 Å². The molecule has 0 bridgehead atoms. The molecule has 0 heterocycles. The highest BCUT2D eigenvalue weighted by molar-refractivity contribution is 7.47. The predicted molar refractivity (Wildman–Crippen MR) is 20.4 cm³/mol. The third kappa shape index (κ3) is 2.69. The molecule has 0 fully saturated rings. The Labute approximate surface area is 39.5 Å². The summed E-state index contributed by atoms with van der Waals surface area (Å²) in [6.45, 7) is 0. The SMILES string of the molecule is NOP(=O)(O)ON. The minimum atomic E-state index is -4.10. The molecular weight excluding hydrogens is 123 g/mol. The van der Waals surface area contributed by atoms with Gasteiger partial charge in [0.25, 0.3) is 0 Å². The average molecular weight is 128 g/mol. The monoisotopic (exact) mass is 128 g/mol. The highest BCUT2D eigenvalue weighted by Crippen LogP contribution is 2.37. The van der Waals surface area contributed by atoms with Gasteiger partial charge in [0, 0.05) is 0 Å². The van der Waals surface area contributed by atoms with Gasteiger partial charge in [-0.15, -0.1) is 0 Å². The maximum Gasteiger partial charge on any atom is 0.504 e. The summed E-state index contributed by atoms with van der Waals surface area (Å²) in [5.74, 6) is 8.40. The van der Waals surface area contributed by atoms with Gasteiger partial charge in [0.05, 0.1) is 0 Å². The van der Waals surface area contributed by atoms with Crippen LogP contribution >= 0.6 is 7.82 Å². The van der Waals surface area contributed by atoms with Crippen molar-refractivity contribution in [2.45, 2.75) is 0 Å². The van der Waals surface area contributed by atoms with Crippen molar-refractivity contribution in [3.8, 4) is 0 Å². The van der Waals surface area contributed by atoms with E-state index in [4.69, 9.17) is 4.89 Å². The van der Waals surface area contributed by atoms with E-state index in [9.17, 15) is 4.57 Å². The summed E-state index contributed by atoms with van der Waals surface area (Å²) < 4.78 is 16.5. The summed E-state index contributed by atoms with van der Waals surface area (Å²) in [5.41, 5.74) is 0. The van der Waals surface area contributed by atoms with Crippen LogP contribution in [0.1, 0.15) is 0 Å². The van der Waals surface area contributed by atoms with Crippen LogP contribution in [-0.4, -0.2) is 4.89 Å². The van der Waals surface area contributed by atoms with Crippen LogP contribution in [-0.2, 0) is 13.8 Å². The molecule has 0 unspecified atom stereocenters. The fourth-order valence-corrected chi connectivity index (χ4v) is 0.0745. The first-order valence-corrected chi connectivity index (χ1v) is 2.71. The highest BCUT2D eigenvalue weighted by Gasteiger charge is 2.16. The van der Waals surface area contributed by atoms with E-state index in [0.29, 0.717) is 0 Å². The summed E-state index contributed by atoms with van der Waals surface area (Å²) in [7, 11) is -4.10. The molecule has 7 heteroatoms. The van der Waals surface area contributed by atoms with E-state index in [2.05, 4.69) is 21.0 Å². The van der Waals surface area contributed by atoms with E-state index in [1.54, 1.807) is 0 Å². The summed E-state index contributed by atoms with van der Waals surface area (Å²) in [6, 6.07) is 0. The van der Waals surface area contributed by atoms with Crippen molar-refractivity contribution in [3.05, 3.63) is 0 Å². The second-order valence-electron chi connectivity index (χ2n) is 0.679. The topological polar surface area (TPSA) is 108 Å². The zero-order valence-corrected chi connectivity index (χ0v) is 4.17. The van der Waals surface area contributed by atoms with Gasteiger partial charge in [0.15, 0.2) is 0 Å². The van der Waals surface area contributed by atoms with Gasteiger partial charge in [-0.2, -0.15) is 9.25 Å². The largest absolute Gasteiger partial charge is 0.504 e. The number of hydrogen-bond donors (Lipinski definition) is 3. The lowest BCUT2D eigenvalue weighted by Gasteiger charge is -1.99. The molecular formula is H5N2O4P. The van der Waals surface area contributed by atoms with Crippen molar-refractivity contribution >= 4 is 7.82 Å². The van der Waals surface area contributed by atoms with E-state index in [1.807, 2.05) is 0 Å². The van der Waals surface area contributed by atoms with E-state index >= 15 is 0 Å². The van der Waals surface area contributed by atoms with Crippen LogP contribution in [0.2, 0.25) is 0 Å². The second kappa shape index (κ2) is 2.37. The first-order valence-electron chi connectivity index (χ1n) is 1.22. The van der Waals surface area contributed by atoms with Gasteiger partial charge in [-0.25, -0.2) is 16.4 Å². The van der Waals surface area contributed by atoms with Gasteiger partial charge in [0.2, 0.25) is 0 Å². The minimum Gasteiger partial charge on any atom is -0.301 e. The smallest absolute Gasteiger partial charge is 0.301 e. The zero-order valence-electron chi connectivity index (χ0n) is 3.27. The number of nitrogens with two attached hydrogens (primary N) is 2. The van der Waals surface area contributed by atoms with Gasteiger partial charge in [-0.05, 0) is 0 Å². The fourth-order valence-electron chi connectivity index (χ4n) is 0.0248. The Bertz CT molecular complexity index is 81.7. The highest BCUT2D eigenvalue weighted by atomic mass is 31.2. The Morgan fingerprint density at radius 3 is 1.71 bits per heavy atom. The molecule has 44 valence electrons. The molecule has 0 radical (unpaired) electrons. The molecule has 0 saturated carbocycles. The van der Waals surface area contributed by atoms with Gasteiger partial charge in [-0.3, -0.25) is 0 Å². The molecule has 0 atom stereocenters. The molecule has 0 aliphatic heterocycles. The summed E-state index contributed by atoms with van der Waals surface area (Å²) in [4.78, 5) is 7.99. The molecule has 0 rings (SSSR count). The number of hydrogen-bond acceptors (Lipinski definition) is 5. The normalized spacial score (nSPS) is 11.9. The maximum absolute atomic E-state index is 9.81. The van der Waals surface area contributed by atoms with Crippen LogP contribution in [0.3, 0.4) is 0 Å². The first kappa shape index (κ1) is 7.03. The maximum atomic E-state index is 9.81. The lowest BCUT2D eigenvalue weighted by Crippen LogP contribution is -2.03. The fraction of sp³-hybridized carbons (Fsp3) is 0. The van der Waals surface area contributed by atoms with Crippen LogP contribution in [0.15, 0.2) is 0 Å².